The van der Waals surface area contributed by atoms with Gasteiger partial charge in [0.1, 0.15) is 5.75 Å². The van der Waals surface area contributed by atoms with Gasteiger partial charge >= 0.3 is 0 Å². The van der Waals surface area contributed by atoms with E-state index in [1.165, 1.54) is 11.1 Å². The van der Waals surface area contributed by atoms with Gasteiger partial charge in [0.15, 0.2) is 0 Å². The second-order valence-electron chi connectivity index (χ2n) is 7.38. The largest absolute Gasteiger partial charge is 0.490 e. The zero-order valence-corrected chi connectivity index (χ0v) is 18.1. The average molecular weight is 458 g/mol. The molecule has 152 valence electrons. The van der Waals surface area contributed by atoms with Crippen molar-refractivity contribution >= 4 is 15.9 Å². The lowest BCUT2D eigenvalue weighted by molar-refractivity contribution is 0.241. The van der Waals surface area contributed by atoms with Gasteiger partial charge in [0.25, 0.3) is 5.89 Å². The summed E-state index contributed by atoms with van der Waals surface area (Å²) in [5, 5.41) is 16.7. The second kappa shape index (κ2) is 8.65. The smallest absolute Gasteiger partial charge is 0.258 e. The molecule has 0 fully saturated rings. The zero-order valence-electron chi connectivity index (χ0n) is 16.5. The molecule has 1 aliphatic rings. The minimum atomic E-state index is 0.100. The Morgan fingerprint density at radius 3 is 2.93 bits per heavy atom. The van der Waals surface area contributed by atoms with Crippen molar-refractivity contribution in [2.75, 3.05) is 13.2 Å². The minimum absolute atomic E-state index is 0.100. The molecule has 0 bridgehead atoms. The number of aliphatic hydroxyl groups excluding tert-OH is 1. The van der Waals surface area contributed by atoms with Gasteiger partial charge in [-0.1, -0.05) is 23.4 Å². The Balaban J connectivity index is 1.61. The number of hydrogen-bond acceptors (Lipinski definition) is 6. The molecule has 2 aromatic carbocycles. The first-order chi connectivity index (χ1) is 14.1. The molecule has 4 rings (SSSR count). The molecule has 0 spiro atoms. The maximum atomic E-state index is 9.09. The predicted molar refractivity (Wildman–Crippen MR) is 115 cm³/mol. The summed E-state index contributed by atoms with van der Waals surface area (Å²) < 4.78 is 12.2. The standard InChI is InChI=1S/C22H24BrN3O3/c1-13(2)28-20-9-6-14(12-18(20)23)22-25-21(26-29-22)17-5-3-4-16-15(17)7-8-19(16)24-10-11-27/h3-6,9,12-13,19,24,27H,7-8,10-11H2,1-2H3. The number of aliphatic hydroxyl groups is 1. The molecular formula is C22H24BrN3O3. The Kier molecular flexibility index (Phi) is 5.99. The van der Waals surface area contributed by atoms with E-state index in [1.807, 2.05) is 44.2 Å². The van der Waals surface area contributed by atoms with Crippen LogP contribution in [-0.4, -0.2) is 34.5 Å². The molecule has 1 aromatic heterocycles. The third-order valence-corrected chi connectivity index (χ3v) is 5.60. The first-order valence-corrected chi connectivity index (χ1v) is 10.6. The fourth-order valence-corrected chi connectivity index (χ4v) is 4.22. The van der Waals surface area contributed by atoms with E-state index in [-0.39, 0.29) is 18.8 Å². The van der Waals surface area contributed by atoms with Gasteiger partial charge in [0, 0.05) is 23.7 Å². The number of nitrogens with one attached hydrogen (secondary N) is 1. The number of halogens is 1. The maximum Gasteiger partial charge on any atom is 0.258 e. The van der Waals surface area contributed by atoms with Crippen molar-refractivity contribution in [1.82, 2.24) is 15.5 Å². The van der Waals surface area contributed by atoms with Crippen LogP contribution < -0.4 is 10.1 Å². The lowest BCUT2D eigenvalue weighted by atomic mass is 10.0. The molecule has 0 amide bonds. The second-order valence-corrected chi connectivity index (χ2v) is 8.23. The van der Waals surface area contributed by atoms with Gasteiger partial charge in [-0.15, -0.1) is 0 Å². The van der Waals surface area contributed by atoms with Crippen LogP contribution in [-0.2, 0) is 6.42 Å². The Bertz CT molecular complexity index is 1000. The van der Waals surface area contributed by atoms with Crippen molar-refractivity contribution in [2.45, 2.75) is 38.8 Å². The van der Waals surface area contributed by atoms with Crippen LogP contribution >= 0.6 is 15.9 Å². The molecule has 0 saturated carbocycles. The predicted octanol–water partition coefficient (Wildman–Crippen LogP) is 4.52. The number of fused-ring (bicyclic) bond motifs is 1. The van der Waals surface area contributed by atoms with Gasteiger partial charge in [-0.25, -0.2) is 0 Å². The Labute approximate surface area is 178 Å². The van der Waals surface area contributed by atoms with E-state index < -0.39 is 0 Å². The molecule has 3 aromatic rings. The third-order valence-electron chi connectivity index (χ3n) is 4.98. The first-order valence-electron chi connectivity index (χ1n) is 9.83. The average Bonchev–Trinajstić information content (AvgIpc) is 3.35. The van der Waals surface area contributed by atoms with Gasteiger partial charge in [-0.05, 0) is 71.9 Å². The van der Waals surface area contributed by atoms with Crippen LogP contribution in [0.25, 0.3) is 22.8 Å². The van der Waals surface area contributed by atoms with Gasteiger partial charge < -0.3 is 19.7 Å². The van der Waals surface area contributed by atoms with Crippen molar-refractivity contribution in [1.29, 1.82) is 0 Å². The molecule has 1 unspecified atom stereocenters. The number of hydrogen-bond donors (Lipinski definition) is 2. The molecule has 2 N–H and O–H groups in total. The third kappa shape index (κ3) is 4.22. The maximum absolute atomic E-state index is 9.09. The van der Waals surface area contributed by atoms with Crippen molar-refractivity contribution in [3.63, 3.8) is 0 Å². The van der Waals surface area contributed by atoms with Gasteiger partial charge in [0.2, 0.25) is 5.82 Å². The van der Waals surface area contributed by atoms with E-state index in [0.717, 1.165) is 34.2 Å². The molecular weight excluding hydrogens is 434 g/mol. The van der Waals surface area contributed by atoms with Crippen LogP contribution in [0, 0.1) is 0 Å². The molecule has 29 heavy (non-hydrogen) atoms. The summed E-state index contributed by atoms with van der Waals surface area (Å²) in [5.74, 6) is 1.85. The Morgan fingerprint density at radius 2 is 2.17 bits per heavy atom. The number of nitrogens with zero attached hydrogens (tertiary/aromatic N) is 2. The number of ether oxygens (including phenoxy) is 1. The minimum Gasteiger partial charge on any atom is -0.490 e. The molecule has 1 atom stereocenters. The fourth-order valence-electron chi connectivity index (χ4n) is 3.75. The highest BCUT2D eigenvalue weighted by Crippen LogP contribution is 2.37. The van der Waals surface area contributed by atoms with E-state index >= 15 is 0 Å². The fraction of sp³-hybridized carbons (Fsp3) is 0.364. The highest BCUT2D eigenvalue weighted by Gasteiger charge is 2.26. The van der Waals surface area contributed by atoms with Crippen molar-refractivity contribution < 1.29 is 14.4 Å². The lowest BCUT2D eigenvalue weighted by Gasteiger charge is -2.13. The van der Waals surface area contributed by atoms with Crippen LogP contribution in [0.2, 0.25) is 0 Å². The summed E-state index contributed by atoms with van der Waals surface area (Å²) in [6.07, 6.45) is 2.05. The SMILES string of the molecule is CC(C)Oc1ccc(-c2nc(-c3cccc4c3CCC4NCCO)no2)cc1Br. The van der Waals surface area contributed by atoms with Crippen molar-refractivity contribution in [2.24, 2.45) is 0 Å². The normalized spacial score (nSPS) is 15.7. The van der Waals surface area contributed by atoms with Gasteiger partial charge in [0.05, 0.1) is 17.2 Å². The summed E-state index contributed by atoms with van der Waals surface area (Å²) in [6.45, 7) is 4.71. The van der Waals surface area contributed by atoms with Crippen LogP contribution in [0.15, 0.2) is 45.4 Å². The number of aromatic nitrogens is 2. The van der Waals surface area contributed by atoms with Crippen LogP contribution in [0.4, 0.5) is 0 Å². The number of benzene rings is 2. The van der Waals surface area contributed by atoms with E-state index in [0.29, 0.717) is 18.3 Å². The summed E-state index contributed by atoms with van der Waals surface area (Å²) in [4.78, 5) is 4.65. The summed E-state index contributed by atoms with van der Waals surface area (Å²) in [5.41, 5.74) is 4.34. The van der Waals surface area contributed by atoms with E-state index in [2.05, 4.69) is 37.5 Å². The molecule has 0 saturated heterocycles. The summed E-state index contributed by atoms with van der Waals surface area (Å²) >= 11 is 3.55. The molecule has 0 aliphatic heterocycles. The van der Waals surface area contributed by atoms with Crippen LogP contribution in [0.5, 0.6) is 5.75 Å². The van der Waals surface area contributed by atoms with Gasteiger partial charge in [-0.3, -0.25) is 0 Å². The number of rotatable bonds is 7. The zero-order chi connectivity index (χ0) is 20.4. The Hall–Kier alpha value is -2.22. The quantitative estimate of drug-likeness (QED) is 0.542. The van der Waals surface area contributed by atoms with E-state index in [1.54, 1.807) is 0 Å². The topological polar surface area (TPSA) is 80.4 Å². The summed E-state index contributed by atoms with van der Waals surface area (Å²) in [7, 11) is 0. The summed E-state index contributed by atoms with van der Waals surface area (Å²) in [6, 6.07) is 12.2. The van der Waals surface area contributed by atoms with E-state index in [9.17, 15) is 0 Å². The van der Waals surface area contributed by atoms with Crippen molar-refractivity contribution in [3.8, 4) is 28.6 Å². The Morgan fingerprint density at radius 1 is 1.31 bits per heavy atom. The van der Waals surface area contributed by atoms with Gasteiger partial charge in [-0.2, -0.15) is 4.98 Å². The lowest BCUT2D eigenvalue weighted by Crippen LogP contribution is -2.22. The molecule has 1 heterocycles. The first kappa shape index (κ1) is 20.1. The highest BCUT2D eigenvalue weighted by atomic mass is 79.9. The van der Waals surface area contributed by atoms with Crippen molar-refractivity contribution in [3.05, 3.63) is 52.0 Å². The van der Waals surface area contributed by atoms with E-state index in [4.69, 9.17) is 14.4 Å². The molecule has 7 heteroatoms. The monoisotopic (exact) mass is 457 g/mol. The molecule has 1 aliphatic carbocycles. The van der Waals surface area contributed by atoms with Crippen LogP contribution in [0.1, 0.15) is 37.4 Å². The molecule has 6 nitrogen and oxygen atoms in total. The molecule has 0 radical (unpaired) electrons. The highest BCUT2D eigenvalue weighted by molar-refractivity contribution is 9.10. The van der Waals surface area contributed by atoms with Crippen LogP contribution in [0.3, 0.4) is 0 Å².